The first-order valence-corrected chi connectivity index (χ1v) is 16.0. The predicted octanol–water partition coefficient (Wildman–Crippen LogP) is 5.68. The second kappa shape index (κ2) is 14.2. The number of hydrogen-bond donors (Lipinski definition) is 6. The van der Waals surface area contributed by atoms with Gasteiger partial charge in [-0.15, -0.1) is 23.2 Å². The summed E-state index contributed by atoms with van der Waals surface area (Å²) >= 11 is 0. The van der Waals surface area contributed by atoms with Gasteiger partial charge in [-0.05, 0) is 75.1 Å². The van der Waals surface area contributed by atoms with E-state index in [1.54, 1.807) is 16.4 Å². The Morgan fingerprint density at radius 2 is 1.80 bits per heavy atom. The number of halogens is 1. The first-order chi connectivity index (χ1) is 18.6. The van der Waals surface area contributed by atoms with Crippen LogP contribution in [0.25, 0.3) is 0 Å². The van der Waals surface area contributed by atoms with Crippen molar-refractivity contribution >= 4 is 40.5 Å². The van der Waals surface area contributed by atoms with Crippen LogP contribution >= 0.6 is 23.2 Å². The SMILES string of the molecule is CCNc1cc(C(=O)N[C@@H](Cc2ccccc2)[C@@H](O)CNC2(C(C)C)CCC2)cc(N2CCCCS2(O)O)c1.Cl. The largest absolute Gasteiger partial charge is 0.390 e. The molecule has 6 N–H and O–H groups in total. The van der Waals surface area contributed by atoms with Gasteiger partial charge in [0.15, 0.2) is 0 Å². The summed E-state index contributed by atoms with van der Waals surface area (Å²) in [5.41, 5.74) is 2.86. The molecule has 1 aliphatic heterocycles. The molecule has 2 aliphatic rings. The summed E-state index contributed by atoms with van der Waals surface area (Å²) in [5, 5.41) is 21.3. The molecule has 1 aliphatic carbocycles. The second-order valence-electron chi connectivity index (χ2n) is 11.3. The van der Waals surface area contributed by atoms with Crippen molar-refractivity contribution in [2.45, 2.75) is 77.0 Å². The standard InChI is InChI=1S/C30H46N4O4S.ClH/c1-4-31-25-18-24(19-26(20-25)34-15-8-9-16-39(34,37)38)29(36)33-27(17-23-11-6-5-7-12-23)28(35)21-32-30(22(2)3)13-10-14-30;/h5-7,11-12,18-20,22,27-28,31-32,35,37-38H,4,8-10,13-17,21H2,1-3H3,(H,33,36);1H/t27-,28-;/m0./s1. The molecule has 10 heteroatoms. The molecule has 1 amide bonds. The molecule has 2 fully saturated rings. The molecule has 1 saturated heterocycles. The molecule has 0 unspecified atom stereocenters. The van der Waals surface area contributed by atoms with Crippen molar-refractivity contribution in [1.29, 1.82) is 0 Å². The first-order valence-electron chi connectivity index (χ1n) is 14.3. The highest BCUT2D eigenvalue weighted by Gasteiger charge is 2.40. The van der Waals surface area contributed by atoms with Crippen molar-refractivity contribution < 1.29 is 19.0 Å². The highest BCUT2D eigenvalue weighted by atomic mass is 35.5. The summed E-state index contributed by atoms with van der Waals surface area (Å²) < 4.78 is 23.1. The van der Waals surface area contributed by atoms with Gasteiger partial charge in [0.2, 0.25) is 0 Å². The average Bonchev–Trinajstić information content (AvgIpc) is 2.87. The number of β-amino-alcohol motifs (C(OH)–C–C–N with tert-alkyl or cyclic N) is 1. The van der Waals surface area contributed by atoms with Crippen LogP contribution in [0.5, 0.6) is 0 Å². The van der Waals surface area contributed by atoms with E-state index in [0.29, 0.717) is 49.0 Å². The lowest BCUT2D eigenvalue weighted by Gasteiger charge is -2.47. The van der Waals surface area contributed by atoms with Gasteiger partial charge < -0.3 is 21.1 Å². The number of benzene rings is 2. The van der Waals surface area contributed by atoms with Crippen LogP contribution in [-0.4, -0.2) is 63.2 Å². The number of aliphatic hydroxyl groups is 1. The Morgan fingerprint density at radius 3 is 2.40 bits per heavy atom. The maximum Gasteiger partial charge on any atom is 0.251 e. The number of carbonyl (C=O) groups is 1. The zero-order valence-corrected chi connectivity index (χ0v) is 25.6. The molecule has 224 valence electrons. The lowest BCUT2D eigenvalue weighted by atomic mass is 9.69. The number of hydrogen-bond acceptors (Lipinski definition) is 7. The summed E-state index contributed by atoms with van der Waals surface area (Å²) in [7, 11) is -2.93. The van der Waals surface area contributed by atoms with Crippen molar-refractivity contribution in [3.63, 3.8) is 0 Å². The third kappa shape index (κ3) is 7.84. The highest BCUT2D eigenvalue weighted by molar-refractivity contribution is 8.25. The molecule has 4 rings (SSSR count). The quantitative estimate of drug-likeness (QED) is 0.187. The summed E-state index contributed by atoms with van der Waals surface area (Å²) in [4.78, 5) is 13.7. The maximum absolute atomic E-state index is 13.7. The van der Waals surface area contributed by atoms with Crippen LogP contribution in [0.15, 0.2) is 48.5 Å². The van der Waals surface area contributed by atoms with E-state index in [2.05, 4.69) is 29.8 Å². The van der Waals surface area contributed by atoms with Crippen LogP contribution in [-0.2, 0) is 6.42 Å². The van der Waals surface area contributed by atoms with E-state index in [9.17, 15) is 19.0 Å². The van der Waals surface area contributed by atoms with Crippen molar-refractivity contribution in [1.82, 2.24) is 10.6 Å². The summed E-state index contributed by atoms with van der Waals surface area (Å²) in [6.45, 7) is 8.00. The van der Waals surface area contributed by atoms with Gasteiger partial charge in [-0.3, -0.25) is 18.2 Å². The Hall–Kier alpha value is -2.01. The lowest BCUT2D eigenvalue weighted by Crippen LogP contribution is -2.59. The summed E-state index contributed by atoms with van der Waals surface area (Å²) in [6, 6.07) is 14.8. The van der Waals surface area contributed by atoms with Crippen LogP contribution < -0.4 is 20.3 Å². The monoisotopic (exact) mass is 594 g/mol. The van der Waals surface area contributed by atoms with Gasteiger partial charge in [-0.2, -0.15) is 0 Å². The Labute approximate surface area is 247 Å². The number of amides is 1. The van der Waals surface area contributed by atoms with E-state index >= 15 is 0 Å². The van der Waals surface area contributed by atoms with Gasteiger partial charge in [0.05, 0.1) is 23.6 Å². The third-order valence-electron chi connectivity index (χ3n) is 8.32. The van der Waals surface area contributed by atoms with Crippen LogP contribution in [0.2, 0.25) is 0 Å². The molecule has 2 aromatic carbocycles. The molecule has 8 nitrogen and oxygen atoms in total. The van der Waals surface area contributed by atoms with Gasteiger partial charge in [0, 0.05) is 36.4 Å². The zero-order chi connectivity index (χ0) is 28.0. The van der Waals surface area contributed by atoms with Crippen LogP contribution in [0.3, 0.4) is 0 Å². The van der Waals surface area contributed by atoms with Gasteiger partial charge in [0.25, 0.3) is 5.91 Å². The minimum atomic E-state index is -2.93. The van der Waals surface area contributed by atoms with Crippen molar-refractivity contribution in [3.8, 4) is 0 Å². The fourth-order valence-corrected chi connectivity index (χ4v) is 7.34. The van der Waals surface area contributed by atoms with E-state index in [1.807, 2.05) is 43.3 Å². The number of anilines is 2. The first kappa shape index (κ1) is 32.5. The maximum atomic E-state index is 13.7. The fourth-order valence-electron chi connectivity index (χ4n) is 5.67. The number of nitrogens with zero attached hydrogens (tertiary/aromatic N) is 1. The molecular weight excluding hydrogens is 548 g/mol. The molecule has 0 aromatic heterocycles. The Kier molecular flexibility index (Phi) is 11.6. The third-order valence-corrected chi connectivity index (χ3v) is 10.3. The molecule has 2 aromatic rings. The molecule has 0 bridgehead atoms. The van der Waals surface area contributed by atoms with Gasteiger partial charge in [-0.1, -0.05) is 44.2 Å². The zero-order valence-electron chi connectivity index (χ0n) is 23.9. The normalized spacial score (nSPS) is 20.0. The minimum absolute atomic E-state index is 0. The predicted molar refractivity (Wildman–Crippen MR) is 169 cm³/mol. The lowest BCUT2D eigenvalue weighted by molar-refractivity contribution is 0.0654. The van der Waals surface area contributed by atoms with Crippen molar-refractivity contribution in [2.24, 2.45) is 5.92 Å². The van der Waals surface area contributed by atoms with E-state index in [1.165, 1.54) is 6.42 Å². The molecule has 40 heavy (non-hydrogen) atoms. The summed E-state index contributed by atoms with van der Waals surface area (Å²) in [5.74, 6) is 0.498. The van der Waals surface area contributed by atoms with Crippen LogP contribution in [0.4, 0.5) is 11.4 Å². The fraction of sp³-hybridized carbons (Fsp3) is 0.567. The Balaban J connectivity index is 0.00000441. The van der Waals surface area contributed by atoms with Crippen LogP contribution in [0.1, 0.15) is 68.8 Å². The molecule has 0 radical (unpaired) electrons. The van der Waals surface area contributed by atoms with E-state index in [0.717, 1.165) is 36.9 Å². The number of aliphatic hydroxyl groups excluding tert-OH is 1. The average molecular weight is 595 g/mol. The second-order valence-corrected chi connectivity index (χ2v) is 13.4. The molecular formula is C30H47ClN4O4S. The van der Waals surface area contributed by atoms with Gasteiger partial charge in [-0.25, -0.2) is 0 Å². The molecule has 1 saturated carbocycles. The molecule has 2 atom stereocenters. The van der Waals surface area contributed by atoms with E-state index in [-0.39, 0.29) is 23.9 Å². The summed E-state index contributed by atoms with van der Waals surface area (Å²) in [6.07, 6.45) is 4.74. The topological polar surface area (TPSA) is 117 Å². The molecule has 1 heterocycles. The van der Waals surface area contributed by atoms with Crippen molar-refractivity contribution in [3.05, 3.63) is 59.7 Å². The minimum Gasteiger partial charge on any atom is -0.390 e. The molecule has 0 spiro atoms. The van der Waals surface area contributed by atoms with Crippen molar-refractivity contribution in [2.75, 3.05) is 35.0 Å². The highest BCUT2D eigenvalue weighted by Crippen LogP contribution is 2.50. The van der Waals surface area contributed by atoms with E-state index < -0.39 is 22.9 Å². The Morgan fingerprint density at radius 1 is 1.07 bits per heavy atom. The van der Waals surface area contributed by atoms with E-state index in [4.69, 9.17) is 0 Å². The van der Waals surface area contributed by atoms with Crippen LogP contribution in [0, 0.1) is 5.92 Å². The smallest absolute Gasteiger partial charge is 0.251 e. The number of nitrogens with one attached hydrogen (secondary N) is 3. The van der Waals surface area contributed by atoms with Gasteiger partial charge >= 0.3 is 0 Å². The number of rotatable bonds is 12. The number of carbonyl (C=O) groups excluding carboxylic acids is 1. The van der Waals surface area contributed by atoms with Gasteiger partial charge in [0.1, 0.15) is 0 Å². The Bertz CT molecular complexity index is 1100.